The summed E-state index contributed by atoms with van der Waals surface area (Å²) in [6, 6.07) is 21.4. The van der Waals surface area contributed by atoms with Gasteiger partial charge in [-0.15, -0.1) is 10.2 Å². The zero-order chi connectivity index (χ0) is 26.6. The fraction of sp³-hybridized carbons (Fsp3) is 0.0714. The smallest absolute Gasteiger partial charge is 0.296 e. The number of ketones is 1. The van der Waals surface area contributed by atoms with Crippen molar-refractivity contribution >= 4 is 57.6 Å². The van der Waals surface area contributed by atoms with Gasteiger partial charge in [0.25, 0.3) is 5.91 Å². The first-order chi connectivity index (χ1) is 18.4. The average molecular weight is 564 g/mol. The molecule has 0 spiro atoms. The number of anilines is 1. The summed E-state index contributed by atoms with van der Waals surface area (Å²) in [6.45, 7) is 0. The van der Waals surface area contributed by atoms with E-state index in [2.05, 4.69) is 10.2 Å². The number of amides is 1. The third-order valence-electron chi connectivity index (χ3n) is 5.80. The molecule has 1 aliphatic heterocycles. The van der Waals surface area contributed by atoms with Crippen molar-refractivity contribution in [3.8, 4) is 0 Å². The van der Waals surface area contributed by atoms with E-state index in [1.165, 1.54) is 28.8 Å². The molecule has 1 atom stereocenters. The van der Waals surface area contributed by atoms with Crippen LogP contribution in [0.2, 0.25) is 5.02 Å². The Morgan fingerprint density at radius 1 is 1.05 bits per heavy atom. The first-order valence-corrected chi connectivity index (χ1v) is 13.6. The monoisotopic (exact) mass is 563 g/mol. The lowest BCUT2D eigenvalue weighted by atomic mass is 9.96. The van der Waals surface area contributed by atoms with Crippen molar-refractivity contribution in [2.45, 2.75) is 16.1 Å². The summed E-state index contributed by atoms with van der Waals surface area (Å²) in [5, 5.41) is 19.8. The Labute approximate surface area is 231 Å². The maximum atomic E-state index is 14.0. The van der Waals surface area contributed by atoms with E-state index in [-0.39, 0.29) is 16.5 Å². The van der Waals surface area contributed by atoms with Crippen LogP contribution in [0.1, 0.15) is 22.7 Å². The van der Waals surface area contributed by atoms with Crippen molar-refractivity contribution < 1.29 is 19.1 Å². The molecule has 5 rings (SSSR count). The van der Waals surface area contributed by atoms with Crippen LogP contribution < -0.4 is 4.90 Å². The standard InChI is InChI=1S/C28H19ClFN3O3S2/c29-20-13-11-18(12-14-20)24-23(22(34)15-10-17-6-2-1-3-7-17)25(35)26(36)33(24)27-31-32-28(38-27)37-16-19-8-4-5-9-21(19)30/h1-15,24,35H,16H2/b15-10+. The summed E-state index contributed by atoms with van der Waals surface area (Å²) < 4.78 is 14.5. The summed E-state index contributed by atoms with van der Waals surface area (Å²) in [6.07, 6.45) is 2.95. The van der Waals surface area contributed by atoms with Gasteiger partial charge in [-0.1, -0.05) is 101 Å². The molecule has 1 unspecified atom stereocenters. The number of allylic oxidation sites excluding steroid dienone is 1. The van der Waals surface area contributed by atoms with Crippen LogP contribution in [0.5, 0.6) is 0 Å². The minimum absolute atomic E-state index is 0.0692. The number of halogens is 2. The molecule has 1 amide bonds. The number of aliphatic hydroxyl groups is 1. The minimum Gasteiger partial charge on any atom is -0.503 e. The summed E-state index contributed by atoms with van der Waals surface area (Å²) in [4.78, 5) is 27.9. The Morgan fingerprint density at radius 3 is 2.50 bits per heavy atom. The fourth-order valence-corrected chi connectivity index (χ4v) is 5.93. The van der Waals surface area contributed by atoms with Gasteiger partial charge in [0.05, 0.1) is 11.6 Å². The molecule has 0 fully saturated rings. The maximum Gasteiger partial charge on any atom is 0.296 e. The lowest BCUT2D eigenvalue weighted by molar-refractivity contribution is -0.117. The number of rotatable bonds is 8. The molecular formula is C28H19ClFN3O3S2. The van der Waals surface area contributed by atoms with E-state index in [9.17, 15) is 19.1 Å². The lowest BCUT2D eigenvalue weighted by Crippen LogP contribution is -2.30. The maximum absolute atomic E-state index is 14.0. The van der Waals surface area contributed by atoms with Gasteiger partial charge in [-0.05, 0) is 41.0 Å². The molecule has 10 heteroatoms. The Kier molecular flexibility index (Phi) is 7.69. The fourth-order valence-electron chi connectivity index (χ4n) is 3.95. The molecule has 4 aromatic rings. The molecule has 0 bridgehead atoms. The zero-order valence-electron chi connectivity index (χ0n) is 19.6. The van der Waals surface area contributed by atoms with E-state index in [4.69, 9.17) is 11.6 Å². The number of aromatic nitrogens is 2. The Morgan fingerprint density at radius 2 is 1.76 bits per heavy atom. The molecule has 38 heavy (non-hydrogen) atoms. The predicted molar refractivity (Wildman–Crippen MR) is 148 cm³/mol. The average Bonchev–Trinajstić information content (AvgIpc) is 3.50. The third-order valence-corrected chi connectivity index (χ3v) is 8.15. The van der Waals surface area contributed by atoms with E-state index >= 15 is 0 Å². The van der Waals surface area contributed by atoms with Gasteiger partial charge < -0.3 is 5.11 Å². The van der Waals surface area contributed by atoms with Crippen LogP contribution in [-0.2, 0) is 15.3 Å². The molecule has 0 saturated carbocycles. The van der Waals surface area contributed by atoms with E-state index in [1.807, 2.05) is 30.3 Å². The first kappa shape index (κ1) is 25.8. The van der Waals surface area contributed by atoms with Gasteiger partial charge in [-0.2, -0.15) is 0 Å². The van der Waals surface area contributed by atoms with E-state index < -0.39 is 23.5 Å². The second-order valence-corrected chi connectivity index (χ2v) is 10.8. The van der Waals surface area contributed by atoms with Crippen LogP contribution in [0, 0.1) is 5.82 Å². The van der Waals surface area contributed by atoms with Crippen LogP contribution >= 0.6 is 34.7 Å². The van der Waals surface area contributed by atoms with Crippen molar-refractivity contribution in [2.24, 2.45) is 0 Å². The van der Waals surface area contributed by atoms with Gasteiger partial charge in [0.15, 0.2) is 15.9 Å². The van der Waals surface area contributed by atoms with Crippen molar-refractivity contribution in [1.29, 1.82) is 0 Å². The number of benzene rings is 3. The van der Waals surface area contributed by atoms with Crippen LogP contribution in [-0.4, -0.2) is 27.0 Å². The van der Waals surface area contributed by atoms with Gasteiger partial charge in [0.1, 0.15) is 5.82 Å². The minimum atomic E-state index is -0.940. The van der Waals surface area contributed by atoms with Gasteiger partial charge in [-0.3, -0.25) is 14.5 Å². The zero-order valence-corrected chi connectivity index (χ0v) is 22.0. The van der Waals surface area contributed by atoms with Gasteiger partial charge in [0, 0.05) is 10.8 Å². The molecule has 6 nitrogen and oxygen atoms in total. The number of aliphatic hydroxyl groups excluding tert-OH is 1. The van der Waals surface area contributed by atoms with Crippen LogP contribution in [0.25, 0.3) is 6.08 Å². The highest BCUT2D eigenvalue weighted by atomic mass is 35.5. The van der Waals surface area contributed by atoms with Crippen molar-refractivity contribution in [3.05, 3.63) is 124 Å². The molecular weight excluding hydrogens is 545 g/mol. The molecule has 0 radical (unpaired) electrons. The van der Waals surface area contributed by atoms with Crippen LogP contribution in [0.15, 0.2) is 101 Å². The highest BCUT2D eigenvalue weighted by Crippen LogP contribution is 2.43. The molecule has 1 N–H and O–H groups in total. The number of hydrogen-bond donors (Lipinski definition) is 1. The Balaban J connectivity index is 1.46. The number of nitrogens with zero attached hydrogens (tertiary/aromatic N) is 3. The number of hydrogen-bond acceptors (Lipinski definition) is 7. The lowest BCUT2D eigenvalue weighted by Gasteiger charge is -2.23. The number of carbonyl (C=O) groups is 2. The molecule has 1 aromatic heterocycles. The number of carbonyl (C=O) groups excluding carboxylic acids is 2. The molecule has 2 heterocycles. The molecule has 190 valence electrons. The highest BCUT2D eigenvalue weighted by molar-refractivity contribution is 8.00. The quantitative estimate of drug-likeness (QED) is 0.144. The second-order valence-electron chi connectivity index (χ2n) is 8.23. The predicted octanol–water partition coefficient (Wildman–Crippen LogP) is 6.81. The van der Waals surface area contributed by atoms with Gasteiger partial charge in [-0.25, -0.2) is 4.39 Å². The summed E-state index contributed by atoms with van der Waals surface area (Å²) in [5.74, 6) is -1.91. The van der Waals surface area contributed by atoms with E-state index in [1.54, 1.807) is 48.5 Å². The summed E-state index contributed by atoms with van der Waals surface area (Å²) in [7, 11) is 0. The van der Waals surface area contributed by atoms with Crippen molar-refractivity contribution in [1.82, 2.24) is 10.2 Å². The third kappa shape index (κ3) is 5.40. The normalized spacial score (nSPS) is 15.6. The van der Waals surface area contributed by atoms with E-state index in [0.29, 0.717) is 26.2 Å². The van der Waals surface area contributed by atoms with Crippen LogP contribution in [0.4, 0.5) is 9.52 Å². The number of thioether (sulfide) groups is 1. The van der Waals surface area contributed by atoms with Crippen LogP contribution in [0.3, 0.4) is 0 Å². The van der Waals surface area contributed by atoms with E-state index in [0.717, 1.165) is 16.9 Å². The summed E-state index contributed by atoms with van der Waals surface area (Å²) in [5.41, 5.74) is 1.81. The highest BCUT2D eigenvalue weighted by Gasteiger charge is 2.45. The molecule has 0 aliphatic carbocycles. The van der Waals surface area contributed by atoms with Gasteiger partial charge in [0.2, 0.25) is 5.13 Å². The first-order valence-electron chi connectivity index (χ1n) is 11.4. The molecule has 1 aliphatic rings. The molecule has 0 saturated heterocycles. The largest absolute Gasteiger partial charge is 0.503 e. The Hall–Kier alpha value is -3.79. The van der Waals surface area contributed by atoms with Crippen molar-refractivity contribution in [2.75, 3.05) is 4.90 Å². The van der Waals surface area contributed by atoms with Crippen molar-refractivity contribution in [3.63, 3.8) is 0 Å². The second kappa shape index (κ2) is 11.3. The molecule has 3 aromatic carbocycles. The van der Waals surface area contributed by atoms with Gasteiger partial charge >= 0.3 is 0 Å². The summed E-state index contributed by atoms with van der Waals surface area (Å²) >= 11 is 8.47. The Bertz CT molecular complexity index is 1560. The topological polar surface area (TPSA) is 83.4 Å². The SMILES string of the molecule is O=C(/C=C/c1ccccc1)C1=C(O)C(=O)N(c2nnc(SCc3ccccc3F)s2)C1c1ccc(Cl)cc1.